The lowest BCUT2D eigenvalue weighted by Gasteiger charge is -2.37. The minimum absolute atomic E-state index is 0.463. The van der Waals surface area contributed by atoms with Crippen LogP contribution >= 0.6 is 22.9 Å². The summed E-state index contributed by atoms with van der Waals surface area (Å²) in [6, 6.07) is 4.63. The van der Waals surface area contributed by atoms with Crippen LogP contribution in [0.3, 0.4) is 0 Å². The van der Waals surface area contributed by atoms with Crippen molar-refractivity contribution in [3.05, 3.63) is 21.3 Å². The second-order valence-electron chi connectivity index (χ2n) is 5.30. The summed E-state index contributed by atoms with van der Waals surface area (Å²) in [4.78, 5) is 1.37. The molecule has 0 saturated heterocycles. The molecule has 1 unspecified atom stereocenters. The van der Waals surface area contributed by atoms with Crippen molar-refractivity contribution >= 4 is 22.9 Å². The minimum atomic E-state index is 0.463. The molecule has 0 aliphatic heterocycles. The van der Waals surface area contributed by atoms with Crippen LogP contribution in [0.4, 0.5) is 0 Å². The van der Waals surface area contributed by atoms with Gasteiger partial charge in [0.2, 0.25) is 0 Å². The molecule has 1 atom stereocenters. The molecule has 4 heteroatoms. The molecule has 0 radical (unpaired) electrons. The van der Waals surface area contributed by atoms with E-state index in [-0.39, 0.29) is 0 Å². The van der Waals surface area contributed by atoms with E-state index in [0.29, 0.717) is 12.1 Å². The summed E-state index contributed by atoms with van der Waals surface area (Å²) in [6.07, 6.45) is 5.32. The van der Waals surface area contributed by atoms with Crippen molar-refractivity contribution in [1.82, 2.24) is 5.32 Å². The molecule has 2 nitrogen and oxygen atoms in total. The highest BCUT2D eigenvalue weighted by atomic mass is 35.5. The molecular weight excluding hydrogens is 278 g/mol. The first kappa shape index (κ1) is 15.3. The Morgan fingerprint density at radius 1 is 1.42 bits per heavy atom. The number of thiophene rings is 1. The van der Waals surface area contributed by atoms with E-state index in [1.807, 2.05) is 6.07 Å². The normalized spacial score (nSPS) is 24.2. The maximum atomic E-state index is 6.06. The van der Waals surface area contributed by atoms with E-state index < -0.39 is 0 Å². The predicted octanol–water partition coefficient (Wildman–Crippen LogP) is 4.65. The number of ether oxygens (including phenoxy) is 1. The second-order valence-corrected chi connectivity index (χ2v) is 7.05. The lowest BCUT2D eigenvalue weighted by atomic mass is 9.78. The summed E-state index contributed by atoms with van der Waals surface area (Å²) in [6.45, 7) is 6.20. The first-order valence-corrected chi connectivity index (χ1v) is 8.52. The highest BCUT2D eigenvalue weighted by molar-refractivity contribution is 7.16. The Hall–Kier alpha value is -0.0900. The van der Waals surface area contributed by atoms with Crippen molar-refractivity contribution in [2.45, 2.75) is 51.7 Å². The van der Waals surface area contributed by atoms with E-state index in [0.717, 1.165) is 23.4 Å². The molecule has 19 heavy (non-hydrogen) atoms. The van der Waals surface area contributed by atoms with Crippen LogP contribution in [-0.2, 0) is 4.74 Å². The predicted molar refractivity (Wildman–Crippen MR) is 83.1 cm³/mol. The average Bonchev–Trinajstić information content (AvgIpc) is 2.77. The minimum Gasteiger partial charge on any atom is -0.378 e. The maximum absolute atomic E-state index is 6.06. The number of hydrogen-bond acceptors (Lipinski definition) is 3. The van der Waals surface area contributed by atoms with E-state index in [1.54, 1.807) is 11.3 Å². The van der Waals surface area contributed by atoms with Crippen LogP contribution in [0.25, 0.3) is 0 Å². The highest BCUT2D eigenvalue weighted by Gasteiger charge is 2.31. The van der Waals surface area contributed by atoms with Gasteiger partial charge in [-0.2, -0.15) is 0 Å². The Morgan fingerprint density at radius 3 is 2.79 bits per heavy atom. The molecular formula is C15H24ClNOS. The standard InChI is InChI=1S/C15H24ClNOS/c1-3-7-17-13(14-5-6-15(16)19-14)10-11-8-12(9-11)18-4-2/h5-6,11-13,17H,3-4,7-10H2,1-2H3. The van der Waals surface area contributed by atoms with E-state index in [2.05, 4.69) is 25.2 Å². The molecule has 1 aliphatic rings. The van der Waals surface area contributed by atoms with Gasteiger partial charge in [0.15, 0.2) is 0 Å². The fraction of sp³-hybridized carbons (Fsp3) is 0.733. The monoisotopic (exact) mass is 301 g/mol. The van der Waals surface area contributed by atoms with E-state index >= 15 is 0 Å². The van der Waals surface area contributed by atoms with Crippen LogP contribution in [0.1, 0.15) is 50.4 Å². The van der Waals surface area contributed by atoms with Gasteiger partial charge in [-0.15, -0.1) is 11.3 Å². The molecule has 2 rings (SSSR count). The third-order valence-electron chi connectivity index (χ3n) is 3.74. The molecule has 1 aromatic rings. The number of halogens is 1. The van der Waals surface area contributed by atoms with Gasteiger partial charge in [0.05, 0.1) is 10.4 Å². The van der Waals surface area contributed by atoms with E-state index in [1.165, 1.54) is 30.6 Å². The molecule has 108 valence electrons. The summed E-state index contributed by atoms with van der Waals surface area (Å²) in [7, 11) is 0. The molecule has 1 heterocycles. The summed E-state index contributed by atoms with van der Waals surface area (Å²) < 4.78 is 6.53. The van der Waals surface area contributed by atoms with Crippen LogP contribution in [0.5, 0.6) is 0 Å². The molecule has 0 spiro atoms. The highest BCUT2D eigenvalue weighted by Crippen LogP contribution is 2.38. The third kappa shape index (κ3) is 4.45. The zero-order valence-corrected chi connectivity index (χ0v) is 13.4. The molecule has 1 saturated carbocycles. The third-order valence-corrected chi connectivity index (χ3v) is 5.09. The van der Waals surface area contributed by atoms with Crippen LogP contribution in [-0.4, -0.2) is 19.3 Å². The summed E-state index contributed by atoms with van der Waals surface area (Å²) >= 11 is 7.76. The van der Waals surface area contributed by atoms with E-state index in [4.69, 9.17) is 16.3 Å². The lowest BCUT2D eigenvalue weighted by Crippen LogP contribution is -2.34. The van der Waals surface area contributed by atoms with Crippen molar-refractivity contribution < 1.29 is 4.74 Å². The number of rotatable bonds is 8. The number of nitrogens with one attached hydrogen (secondary N) is 1. The van der Waals surface area contributed by atoms with Gasteiger partial charge in [0.1, 0.15) is 0 Å². The summed E-state index contributed by atoms with van der Waals surface area (Å²) in [5, 5.41) is 3.66. The van der Waals surface area contributed by atoms with Crippen LogP contribution in [0.2, 0.25) is 4.34 Å². The molecule has 1 aromatic heterocycles. The quantitative estimate of drug-likeness (QED) is 0.755. The van der Waals surface area contributed by atoms with Gasteiger partial charge < -0.3 is 10.1 Å². The first-order valence-electron chi connectivity index (χ1n) is 7.33. The largest absolute Gasteiger partial charge is 0.378 e. The van der Waals surface area contributed by atoms with Crippen molar-refractivity contribution in [3.63, 3.8) is 0 Å². The van der Waals surface area contributed by atoms with Crippen LogP contribution in [0.15, 0.2) is 12.1 Å². The lowest BCUT2D eigenvalue weighted by molar-refractivity contribution is -0.0290. The fourth-order valence-corrected chi connectivity index (χ4v) is 3.86. The topological polar surface area (TPSA) is 21.3 Å². The Kier molecular flexibility index (Phi) is 6.14. The molecule has 0 amide bonds. The fourth-order valence-electron chi connectivity index (χ4n) is 2.71. The van der Waals surface area contributed by atoms with E-state index in [9.17, 15) is 0 Å². The summed E-state index contributed by atoms with van der Waals surface area (Å²) in [5.41, 5.74) is 0. The molecule has 0 aromatic carbocycles. The first-order chi connectivity index (χ1) is 9.22. The molecule has 1 aliphatic carbocycles. The Bertz CT molecular complexity index is 376. The van der Waals surface area contributed by atoms with Crippen LogP contribution < -0.4 is 5.32 Å². The molecule has 0 bridgehead atoms. The van der Waals surface area contributed by atoms with Crippen molar-refractivity contribution in [3.8, 4) is 0 Å². The number of hydrogen-bond donors (Lipinski definition) is 1. The maximum Gasteiger partial charge on any atom is 0.0931 e. The van der Waals surface area contributed by atoms with Crippen molar-refractivity contribution in [2.75, 3.05) is 13.2 Å². The van der Waals surface area contributed by atoms with Crippen molar-refractivity contribution in [2.24, 2.45) is 5.92 Å². The molecule has 1 N–H and O–H groups in total. The van der Waals surface area contributed by atoms with Crippen LogP contribution in [0, 0.1) is 5.92 Å². The zero-order valence-electron chi connectivity index (χ0n) is 11.8. The van der Waals surface area contributed by atoms with Gasteiger partial charge in [-0.25, -0.2) is 0 Å². The van der Waals surface area contributed by atoms with Gasteiger partial charge in [0.25, 0.3) is 0 Å². The van der Waals surface area contributed by atoms with Gasteiger partial charge in [-0.05, 0) is 57.2 Å². The summed E-state index contributed by atoms with van der Waals surface area (Å²) in [5.74, 6) is 0.798. The average molecular weight is 302 g/mol. The van der Waals surface area contributed by atoms with Gasteiger partial charge in [-0.3, -0.25) is 0 Å². The Balaban J connectivity index is 1.85. The Labute approximate surface area is 125 Å². The van der Waals surface area contributed by atoms with Gasteiger partial charge in [-0.1, -0.05) is 18.5 Å². The van der Waals surface area contributed by atoms with Gasteiger partial charge >= 0.3 is 0 Å². The Morgan fingerprint density at radius 2 is 2.21 bits per heavy atom. The smallest absolute Gasteiger partial charge is 0.0931 e. The second kappa shape index (κ2) is 7.63. The van der Waals surface area contributed by atoms with Gasteiger partial charge in [0, 0.05) is 17.5 Å². The SMILES string of the molecule is CCCNC(CC1CC(OCC)C1)c1ccc(Cl)s1. The zero-order chi connectivity index (χ0) is 13.7. The molecule has 1 fully saturated rings. The van der Waals surface area contributed by atoms with Crippen molar-refractivity contribution in [1.29, 1.82) is 0 Å².